The molecule has 0 spiro atoms. The Kier molecular flexibility index (Phi) is 3.39. The molecule has 2 aromatic carbocycles. The van der Waals surface area contributed by atoms with Crippen LogP contribution in [0.4, 0.5) is 0 Å². The predicted molar refractivity (Wildman–Crippen MR) is 70.8 cm³/mol. The summed E-state index contributed by atoms with van der Waals surface area (Å²) >= 11 is 11.2. The van der Waals surface area contributed by atoms with Gasteiger partial charge in [-0.05, 0) is 45.7 Å². The van der Waals surface area contributed by atoms with Gasteiger partial charge in [0.2, 0.25) is 0 Å². The van der Waals surface area contributed by atoms with Gasteiger partial charge in [0.05, 0.1) is 0 Å². The smallest absolute Gasteiger partial charge is 0.281 e. The zero-order valence-corrected chi connectivity index (χ0v) is 10.7. The second-order valence-corrected chi connectivity index (χ2v) is 8.19. The summed E-state index contributed by atoms with van der Waals surface area (Å²) in [6, 6.07) is 17.0. The number of rotatable bonds is 2. The highest BCUT2D eigenvalue weighted by Crippen LogP contribution is 2.55. The van der Waals surface area contributed by atoms with Crippen LogP contribution in [0.2, 0.25) is 0 Å². The van der Waals surface area contributed by atoms with Crippen molar-refractivity contribution in [3.8, 4) is 11.1 Å². The largest absolute Gasteiger partial charge is 0.284 e. The summed E-state index contributed by atoms with van der Waals surface area (Å²) < 4.78 is 11.4. The summed E-state index contributed by atoms with van der Waals surface area (Å²) in [7, 11) is 0. The van der Waals surface area contributed by atoms with Crippen molar-refractivity contribution in [1.29, 1.82) is 0 Å². The third kappa shape index (κ3) is 2.68. The van der Waals surface area contributed by atoms with E-state index in [9.17, 15) is 4.57 Å². The maximum Gasteiger partial charge on any atom is 0.281 e. The first kappa shape index (κ1) is 11.7. The Bertz CT molecular complexity index is 516. The van der Waals surface area contributed by atoms with E-state index < -0.39 is 5.85 Å². The number of benzene rings is 2. The van der Waals surface area contributed by atoms with E-state index in [1.54, 1.807) is 12.1 Å². The van der Waals surface area contributed by atoms with E-state index in [0.717, 1.165) is 11.1 Å². The molecule has 0 amide bonds. The lowest BCUT2D eigenvalue weighted by molar-refractivity contribution is 0.597. The fourth-order valence-electron chi connectivity index (χ4n) is 1.46. The van der Waals surface area contributed by atoms with Crippen LogP contribution >= 0.6 is 28.3 Å². The third-order valence-electron chi connectivity index (χ3n) is 2.28. The van der Waals surface area contributed by atoms with Crippen LogP contribution < -0.4 is 5.30 Å². The fourth-order valence-corrected chi connectivity index (χ4v) is 2.63. The minimum atomic E-state index is -3.19. The first-order valence-corrected chi connectivity index (χ1v) is 8.24. The van der Waals surface area contributed by atoms with Gasteiger partial charge in [0.25, 0.3) is 5.85 Å². The molecule has 0 radical (unpaired) electrons. The van der Waals surface area contributed by atoms with Gasteiger partial charge in [-0.1, -0.05) is 42.5 Å². The Morgan fingerprint density at radius 3 is 1.75 bits per heavy atom. The van der Waals surface area contributed by atoms with Crippen LogP contribution in [-0.4, -0.2) is 0 Å². The number of hydrogen-bond acceptors (Lipinski definition) is 1. The van der Waals surface area contributed by atoms with Crippen LogP contribution in [0, 0.1) is 0 Å². The van der Waals surface area contributed by atoms with E-state index in [1.807, 2.05) is 42.5 Å². The maximum atomic E-state index is 11.4. The van der Waals surface area contributed by atoms with Gasteiger partial charge < -0.3 is 0 Å². The number of halogens is 2. The molecule has 2 aromatic rings. The molecule has 0 heterocycles. The van der Waals surface area contributed by atoms with Gasteiger partial charge in [0, 0.05) is 5.30 Å². The summed E-state index contributed by atoms with van der Waals surface area (Å²) in [5.74, 6) is -3.19. The van der Waals surface area contributed by atoms with Gasteiger partial charge in [-0.3, -0.25) is 4.57 Å². The average Bonchev–Trinajstić information content (AvgIpc) is 2.29. The van der Waals surface area contributed by atoms with Crippen molar-refractivity contribution in [2.75, 3.05) is 0 Å². The van der Waals surface area contributed by atoms with Gasteiger partial charge in [-0.15, -0.1) is 0 Å². The van der Waals surface area contributed by atoms with Crippen molar-refractivity contribution >= 4 is 33.6 Å². The Balaban J connectivity index is 2.38. The summed E-state index contributed by atoms with van der Waals surface area (Å²) in [5.41, 5.74) is 2.15. The summed E-state index contributed by atoms with van der Waals surface area (Å²) in [4.78, 5) is 0. The molecule has 1 nitrogen and oxygen atoms in total. The lowest BCUT2D eigenvalue weighted by Gasteiger charge is -2.04. The fraction of sp³-hybridized carbons (Fsp3) is 0. The predicted octanol–water partition coefficient (Wildman–Crippen LogP) is 4.65. The molecule has 0 aromatic heterocycles. The minimum Gasteiger partial charge on any atom is -0.284 e. The lowest BCUT2D eigenvalue weighted by Crippen LogP contribution is -1.95. The molecule has 0 saturated heterocycles. The molecule has 4 heteroatoms. The van der Waals surface area contributed by atoms with Crippen LogP contribution in [0.25, 0.3) is 11.1 Å². The van der Waals surface area contributed by atoms with E-state index in [-0.39, 0.29) is 0 Å². The molecule has 82 valence electrons. The topological polar surface area (TPSA) is 17.1 Å². The zero-order chi connectivity index (χ0) is 11.6. The van der Waals surface area contributed by atoms with Crippen molar-refractivity contribution in [2.45, 2.75) is 0 Å². The van der Waals surface area contributed by atoms with E-state index in [1.165, 1.54) is 0 Å². The molecule has 0 atom stereocenters. The monoisotopic (exact) mass is 270 g/mol. The molecule has 0 unspecified atom stereocenters. The molecule has 0 aliphatic rings. The first-order chi connectivity index (χ1) is 7.57. The zero-order valence-electron chi connectivity index (χ0n) is 8.31. The molecule has 16 heavy (non-hydrogen) atoms. The molecule has 2 rings (SSSR count). The van der Waals surface area contributed by atoms with Gasteiger partial charge >= 0.3 is 0 Å². The van der Waals surface area contributed by atoms with Gasteiger partial charge in [-0.2, -0.15) is 0 Å². The Morgan fingerprint density at radius 2 is 1.25 bits per heavy atom. The quantitative estimate of drug-likeness (QED) is 0.726. The lowest BCUT2D eigenvalue weighted by atomic mass is 10.1. The van der Waals surface area contributed by atoms with Gasteiger partial charge in [-0.25, -0.2) is 0 Å². The molecular weight excluding hydrogens is 262 g/mol. The second-order valence-electron chi connectivity index (χ2n) is 3.38. The normalized spacial score (nSPS) is 11.4. The van der Waals surface area contributed by atoms with E-state index in [4.69, 9.17) is 22.5 Å². The number of hydrogen-bond donors (Lipinski definition) is 0. The van der Waals surface area contributed by atoms with Crippen molar-refractivity contribution in [2.24, 2.45) is 0 Å². The third-order valence-corrected chi connectivity index (χ3v) is 4.35. The minimum absolute atomic E-state index is 0.468. The van der Waals surface area contributed by atoms with Crippen LogP contribution in [0.1, 0.15) is 0 Å². The van der Waals surface area contributed by atoms with Gasteiger partial charge in [0.15, 0.2) is 0 Å². The first-order valence-electron chi connectivity index (χ1n) is 4.73. The highest BCUT2D eigenvalue weighted by atomic mass is 35.9. The summed E-state index contributed by atoms with van der Waals surface area (Å²) in [5, 5.41) is 0.468. The van der Waals surface area contributed by atoms with Crippen LogP contribution in [0.15, 0.2) is 54.6 Å². The van der Waals surface area contributed by atoms with Crippen molar-refractivity contribution < 1.29 is 4.57 Å². The van der Waals surface area contributed by atoms with Crippen LogP contribution in [0.3, 0.4) is 0 Å². The summed E-state index contributed by atoms with van der Waals surface area (Å²) in [6.07, 6.45) is 0. The van der Waals surface area contributed by atoms with Crippen LogP contribution in [0.5, 0.6) is 0 Å². The van der Waals surface area contributed by atoms with E-state index in [0.29, 0.717) is 5.30 Å². The molecule has 0 fully saturated rings. The highest BCUT2D eigenvalue weighted by Gasteiger charge is 2.16. The van der Waals surface area contributed by atoms with Crippen molar-refractivity contribution in [1.82, 2.24) is 0 Å². The van der Waals surface area contributed by atoms with Gasteiger partial charge in [0.1, 0.15) is 0 Å². The molecule has 0 aliphatic heterocycles. The molecule has 0 bridgehead atoms. The van der Waals surface area contributed by atoms with E-state index in [2.05, 4.69) is 0 Å². The SMILES string of the molecule is O=P(Cl)(Cl)c1ccc(-c2ccccc2)cc1. The summed E-state index contributed by atoms with van der Waals surface area (Å²) in [6.45, 7) is 0. The second kappa shape index (κ2) is 4.63. The van der Waals surface area contributed by atoms with E-state index >= 15 is 0 Å². The Morgan fingerprint density at radius 1 is 0.750 bits per heavy atom. The Hall–Kier alpha value is -0.750. The highest BCUT2D eigenvalue weighted by molar-refractivity contribution is 8.13. The average molecular weight is 271 g/mol. The molecule has 0 N–H and O–H groups in total. The molecule has 0 saturated carbocycles. The van der Waals surface area contributed by atoms with Crippen LogP contribution in [-0.2, 0) is 4.57 Å². The standard InChI is InChI=1S/C12H9Cl2OP/c13-16(14,15)12-8-6-11(7-9-12)10-4-2-1-3-5-10/h1-9H. The Labute approximate surface area is 104 Å². The molecular formula is C12H9Cl2OP. The van der Waals surface area contributed by atoms with Crippen molar-refractivity contribution in [3.63, 3.8) is 0 Å². The maximum absolute atomic E-state index is 11.4. The van der Waals surface area contributed by atoms with Crippen molar-refractivity contribution in [3.05, 3.63) is 54.6 Å². The molecule has 0 aliphatic carbocycles.